The lowest BCUT2D eigenvalue weighted by molar-refractivity contribution is -0.123. The van der Waals surface area contributed by atoms with E-state index >= 15 is 0 Å². The van der Waals surface area contributed by atoms with Crippen molar-refractivity contribution in [1.82, 2.24) is 5.01 Å². The lowest BCUT2D eigenvalue weighted by Crippen LogP contribution is -2.43. The van der Waals surface area contributed by atoms with Crippen molar-refractivity contribution in [3.63, 3.8) is 0 Å². The molecule has 1 N–H and O–H groups in total. The Hall–Kier alpha value is -3.47. The van der Waals surface area contributed by atoms with Gasteiger partial charge in [0.05, 0.1) is 19.9 Å². The van der Waals surface area contributed by atoms with Gasteiger partial charge in [-0.1, -0.05) is 21.2 Å². The molecule has 0 bridgehead atoms. The Morgan fingerprint density at radius 2 is 1.77 bits per heavy atom. The Kier molecular flexibility index (Phi) is 5.59. The lowest BCUT2D eigenvalue weighted by Gasteiger charge is -2.20. The number of benzene rings is 2. The zero-order valence-corrected chi connectivity index (χ0v) is 18.2. The highest BCUT2D eigenvalue weighted by Crippen LogP contribution is 2.33. The number of imide groups is 1. The second-order valence-electron chi connectivity index (χ2n) is 6.80. The van der Waals surface area contributed by atoms with Crippen molar-refractivity contribution in [3.8, 4) is 11.5 Å². The number of ether oxygens (including phenoxy) is 2. The lowest BCUT2D eigenvalue weighted by atomic mass is 10.1. The topological polar surface area (TPSA) is 113 Å². The number of rotatable bonds is 6. The molecule has 2 aliphatic heterocycles. The zero-order valence-electron chi connectivity index (χ0n) is 16.6. The van der Waals surface area contributed by atoms with E-state index in [1.807, 2.05) is 0 Å². The summed E-state index contributed by atoms with van der Waals surface area (Å²) in [4.78, 5) is 39.3. The third-order valence-corrected chi connectivity index (χ3v) is 5.44. The van der Waals surface area contributed by atoms with E-state index in [-0.39, 0.29) is 6.54 Å². The molecular formula is C20H18BrN5O5. The summed E-state index contributed by atoms with van der Waals surface area (Å²) in [7, 11) is 3.01. The number of methoxy groups -OCH3 is 2. The van der Waals surface area contributed by atoms with Crippen LogP contribution < -0.4 is 19.7 Å². The molecule has 1 saturated heterocycles. The number of anilines is 2. The first-order valence-electron chi connectivity index (χ1n) is 9.25. The Labute approximate surface area is 185 Å². The summed E-state index contributed by atoms with van der Waals surface area (Å²) >= 11 is 3.32. The highest BCUT2D eigenvalue weighted by Gasteiger charge is 2.55. The molecule has 0 radical (unpaired) electrons. The largest absolute Gasteiger partial charge is 0.493 e. The van der Waals surface area contributed by atoms with Crippen LogP contribution in [0.4, 0.5) is 11.4 Å². The molecule has 1 fully saturated rings. The third-order valence-electron chi connectivity index (χ3n) is 4.92. The van der Waals surface area contributed by atoms with Crippen molar-refractivity contribution in [2.24, 2.45) is 10.3 Å². The summed E-state index contributed by atoms with van der Waals surface area (Å²) in [5.74, 6) is -0.373. The van der Waals surface area contributed by atoms with Crippen molar-refractivity contribution < 1.29 is 23.9 Å². The molecular weight excluding hydrogens is 470 g/mol. The number of amides is 3. The predicted molar refractivity (Wildman–Crippen MR) is 114 cm³/mol. The number of halogens is 1. The maximum Gasteiger partial charge on any atom is 0.263 e. The number of hydrogen-bond donors (Lipinski definition) is 1. The van der Waals surface area contributed by atoms with Crippen molar-refractivity contribution in [3.05, 3.63) is 46.9 Å². The zero-order chi connectivity index (χ0) is 22.1. The molecule has 160 valence electrons. The van der Waals surface area contributed by atoms with E-state index in [2.05, 4.69) is 31.6 Å². The summed E-state index contributed by atoms with van der Waals surface area (Å²) in [5, 5.41) is 11.8. The molecule has 2 aromatic carbocycles. The first-order chi connectivity index (χ1) is 14.9. The maximum atomic E-state index is 13.0. The monoisotopic (exact) mass is 487 g/mol. The van der Waals surface area contributed by atoms with E-state index in [0.717, 1.165) is 9.37 Å². The van der Waals surface area contributed by atoms with Gasteiger partial charge in [0.25, 0.3) is 11.8 Å². The third kappa shape index (κ3) is 3.83. The van der Waals surface area contributed by atoms with E-state index in [4.69, 9.17) is 9.47 Å². The molecule has 31 heavy (non-hydrogen) atoms. The minimum absolute atomic E-state index is 0.244. The Morgan fingerprint density at radius 1 is 1.06 bits per heavy atom. The van der Waals surface area contributed by atoms with Gasteiger partial charge in [0, 0.05) is 16.2 Å². The molecule has 10 nitrogen and oxygen atoms in total. The van der Waals surface area contributed by atoms with Crippen LogP contribution >= 0.6 is 15.9 Å². The molecule has 0 aliphatic carbocycles. The van der Waals surface area contributed by atoms with Crippen molar-refractivity contribution in [1.29, 1.82) is 0 Å². The molecule has 2 aliphatic rings. The minimum Gasteiger partial charge on any atom is -0.493 e. The SMILES string of the molecule is COc1ccc(NC(=O)CN2N=NC3C(=O)N(c4ccc(Br)cc4)C(=O)C32)cc1OC. The molecule has 11 heteroatoms. The van der Waals surface area contributed by atoms with E-state index < -0.39 is 29.8 Å². The van der Waals surface area contributed by atoms with E-state index in [1.54, 1.807) is 42.5 Å². The Balaban J connectivity index is 1.46. The van der Waals surface area contributed by atoms with Gasteiger partial charge in [-0.3, -0.25) is 19.4 Å². The van der Waals surface area contributed by atoms with Crippen molar-refractivity contribution >= 4 is 45.0 Å². The van der Waals surface area contributed by atoms with Gasteiger partial charge in [0.15, 0.2) is 23.6 Å². The fourth-order valence-electron chi connectivity index (χ4n) is 3.46. The molecule has 2 aromatic rings. The number of nitrogens with one attached hydrogen (secondary N) is 1. The van der Waals surface area contributed by atoms with Crippen LogP contribution in [0.25, 0.3) is 0 Å². The number of fused-ring (bicyclic) bond motifs is 1. The summed E-state index contributed by atoms with van der Waals surface area (Å²) in [5.41, 5.74) is 0.929. The van der Waals surface area contributed by atoms with Crippen LogP contribution in [0.5, 0.6) is 11.5 Å². The number of carbonyl (C=O) groups is 3. The van der Waals surface area contributed by atoms with Crippen LogP contribution in [0, 0.1) is 0 Å². The van der Waals surface area contributed by atoms with Gasteiger partial charge in [-0.25, -0.2) is 4.90 Å². The van der Waals surface area contributed by atoms with Crippen LogP contribution in [-0.4, -0.2) is 55.6 Å². The van der Waals surface area contributed by atoms with Gasteiger partial charge in [-0.15, -0.1) is 0 Å². The van der Waals surface area contributed by atoms with Crippen LogP contribution in [0.15, 0.2) is 57.3 Å². The number of nitrogens with zero attached hydrogens (tertiary/aromatic N) is 4. The number of hydrogen-bond acceptors (Lipinski definition) is 8. The molecule has 0 spiro atoms. The summed E-state index contributed by atoms with van der Waals surface area (Å²) < 4.78 is 11.2. The predicted octanol–water partition coefficient (Wildman–Crippen LogP) is 2.40. The normalized spacial score (nSPS) is 19.6. The molecule has 4 rings (SSSR count). The second-order valence-corrected chi connectivity index (χ2v) is 7.71. The van der Waals surface area contributed by atoms with Gasteiger partial charge in [0.2, 0.25) is 5.91 Å². The van der Waals surface area contributed by atoms with E-state index in [9.17, 15) is 14.4 Å². The average Bonchev–Trinajstić information content (AvgIpc) is 3.28. The molecule has 3 amide bonds. The highest BCUT2D eigenvalue weighted by atomic mass is 79.9. The highest BCUT2D eigenvalue weighted by molar-refractivity contribution is 9.10. The Morgan fingerprint density at radius 3 is 2.45 bits per heavy atom. The summed E-state index contributed by atoms with van der Waals surface area (Å²) in [6.07, 6.45) is 0. The van der Waals surface area contributed by atoms with E-state index in [1.165, 1.54) is 19.2 Å². The minimum atomic E-state index is -0.968. The average molecular weight is 488 g/mol. The summed E-state index contributed by atoms with van der Waals surface area (Å²) in [6.45, 7) is -0.244. The Bertz CT molecular complexity index is 1070. The first kappa shape index (κ1) is 20.8. The number of carbonyl (C=O) groups excluding carboxylic acids is 3. The fraction of sp³-hybridized carbons (Fsp3) is 0.250. The van der Waals surface area contributed by atoms with Crippen molar-refractivity contribution in [2.45, 2.75) is 12.1 Å². The van der Waals surface area contributed by atoms with Crippen LogP contribution in [0.3, 0.4) is 0 Å². The molecule has 2 heterocycles. The van der Waals surface area contributed by atoms with Gasteiger partial charge in [-0.2, -0.15) is 5.11 Å². The quantitative estimate of drug-likeness (QED) is 0.625. The standard InChI is InChI=1S/C20H18BrN5O5/c1-30-14-8-5-12(9-15(14)31-2)22-16(27)10-25-18-17(23-24-25)19(28)26(20(18)29)13-6-3-11(21)4-7-13/h3-9,17-18H,10H2,1-2H3,(H,22,27). The molecule has 0 saturated carbocycles. The summed E-state index contributed by atoms with van der Waals surface area (Å²) in [6, 6.07) is 9.81. The fourth-order valence-corrected chi connectivity index (χ4v) is 3.72. The molecule has 2 unspecified atom stereocenters. The van der Waals surface area contributed by atoms with Gasteiger partial charge < -0.3 is 14.8 Å². The van der Waals surface area contributed by atoms with Crippen LogP contribution in [0.2, 0.25) is 0 Å². The van der Waals surface area contributed by atoms with Gasteiger partial charge in [0.1, 0.15) is 6.54 Å². The van der Waals surface area contributed by atoms with Crippen LogP contribution in [0.1, 0.15) is 0 Å². The van der Waals surface area contributed by atoms with Crippen LogP contribution in [-0.2, 0) is 14.4 Å². The first-order valence-corrected chi connectivity index (χ1v) is 10.0. The molecule has 2 atom stereocenters. The van der Waals surface area contributed by atoms with Gasteiger partial charge in [-0.05, 0) is 36.4 Å². The van der Waals surface area contributed by atoms with Crippen molar-refractivity contribution in [2.75, 3.05) is 31.0 Å². The second kappa shape index (κ2) is 8.34. The molecule has 0 aromatic heterocycles. The smallest absolute Gasteiger partial charge is 0.263 e. The maximum absolute atomic E-state index is 13.0. The van der Waals surface area contributed by atoms with Gasteiger partial charge >= 0.3 is 0 Å². The van der Waals surface area contributed by atoms with E-state index in [0.29, 0.717) is 22.9 Å².